The number of nitrogens with one attached hydrogen (secondary N) is 1. The molecule has 0 spiro atoms. The van der Waals surface area contributed by atoms with E-state index in [2.05, 4.69) is 118 Å². The van der Waals surface area contributed by atoms with E-state index < -0.39 is 8.37 Å². The Morgan fingerprint density at radius 2 is 1.37 bits per heavy atom. The molecule has 0 atom stereocenters. The quantitative estimate of drug-likeness (QED) is 0.274. The van der Waals surface area contributed by atoms with Crippen molar-refractivity contribution < 1.29 is 0 Å². The average molecular weight is 437 g/mol. The molecule has 1 heterocycles. The highest BCUT2D eigenvalue weighted by molar-refractivity contribution is 7.97. The van der Waals surface area contributed by atoms with Gasteiger partial charge in [0.15, 0.2) is 8.37 Å². The normalized spacial score (nSPS) is 14.6. The molecule has 0 aliphatic carbocycles. The molecule has 156 valence electrons. The topological polar surface area (TPSA) is 21.8 Å². The van der Waals surface area contributed by atoms with E-state index in [0.717, 1.165) is 26.2 Å². The third kappa shape index (κ3) is 5.16. The summed E-state index contributed by atoms with van der Waals surface area (Å²) in [5, 5.41) is 0. The van der Waals surface area contributed by atoms with Crippen molar-refractivity contribution in [3.05, 3.63) is 90.5 Å². The van der Waals surface area contributed by atoms with Crippen LogP contribution in [0.15, 0.2) is 89.8 Å². The maximum atomic E-state index is 3.53. The van der Waals surface area contributed by atoms with E-state index in [9.17, 15) is 0 Å². The molecule has 1 fully saturated rings. The van der Waals surface area contributed by atoms with E-state index in [1.807, 2.05) is 0 Å². The zero-order chi connectivity index (χ0) is 20.8. The van der Waals surface area contributed by atoms with E-state index in [-0.39, 0.29) is 0 Å². The van der Waals surface area contributed by atoms with E-state index in [4.69, 9.17) is 0 Å². The molecule has 1 aliphatic heterocycles. The number of hydrogen-bond donors (Lipinski definition) is 1. The largest absolute Gasteiger partial charge is 0.320 e. The highest BCUT2D eigenvalue weighted by Crippen LogP contribution is 2.54. The van der Waals surface area contributed by atoms with Crippen LogP contribution in [0.1, 0.15) is 5.56 Å². The molecule has 0 amide bonds. The minimum absolute atomic E-state index is 0.610. The Balaban J connectivity index is 1.43. The molecular weight excluding hydrogens is 407 g/mol. The summed E-state index contributed by atoms with van der Waals surface area (Å²) in [6.07, 6.45) is 0. The van der Waals surface area contributed by atoms with Crippen molar-refractivity contribution in [3.8, 4) is 0 Å². The van der Waals surface area contributed by atoms with E-state index in [0.29, 0.717) is 0 Å². The Morgan fingerprint density at radius 1 is 0.833 bits per heavy atom. The molecule has 0 unspecified atom stereocenters. The van der Waals surface area contributed by atoms with Gasteiger partial charge < -0.3 is 9.34 Å². The maximum Gasteiger partial charge on any atom is 0.178 e. The Morgan fingerprint density at radius 3 is 1.90 bits per heavy atom. The molecule has 3 aromatic rings. The molecule has 0 aromatic heterocycles. The molecule has 30 heavy (non-hydrogen) atoms. The SMILES string of the molecule is Cc1ccc(SNCCN(C)P2N(c3ccccc3)CCN2c2ccccc2)cc1. The first-order chi connectivity index (χ1) is 14.7. The highest BCUT2D eigenvalue weighted by atomic mass is 32.2. The molecule has 1 saturated heterocycles. The average Bonchev–Trinajstić information content (AvgIpc) is 3.24. The molecular formula is C24H29N4PS. The number of likely N-dealkylation sites (N-methyl/N-ethyl adjacent to an activating group) is 1. The second-order valence-electron chi connectivity index (χ2n) is 7.38. The van der Waals surface area contributed by atoms with Crippen LogP contribution in [0.4, 0.5) is 11.4 Å². The van der Waals surface area contributed by atoms with Gasteiger partial charge in [-0.05, 0) is 62.3 Å². The lowest BCUT2D eigenvalue weighted by Gasteiger charge is -2.37. The second-order valence-corrected chi connectivity index (χ2v) is 10.5. The van der Waals surface area contributed by atoms with Crippen LogP contribution >= 0.6 is 20.3 Å². The Kier molecular flexibility index (Phi) is 7.29. The van der Waals surface area contributed by atoms with Gasteiger partial charge in [0.1, 0.15) is 0 Å². The van der Waals surface area contributed by atoms with Crippen LogP contribution in [-0.4, -0.2) is 37.9 Å². The van der Waals surface area contributed by atoms with E-state index in [1.165, 1.54) is 21.8 Å². The van der Waals surface area contributed by atoms with Crippen molar-refractivity contribution in [1.82, 2.24) is 9.39 Å². The number of rotatable bonds is 8. The summed E-state index contributed by atoms with van der Waals surface area (Å²) in [6, 6.07) is 30.3. The fourth-order valence-electron chi connectivity index (χ4n) is 3.57. The molecule has 6 heteroatoms. The molecule has 3 aromatic carbocycles. The Labute approximate surface area is 185 Å². The van der Waals surface area contributed by atoms with Crippen LogP contribution in [0.5, 0.6) is 0 Å². The molecule has 1 N–H and O–H groups in total. The van der Waals surface area contributed by atoms with Crippen LogP contribution in [0.2, 0.25) is 0 Å². The maximum absolute atomic E-state index is 3.53. The molecule has 4 rings (SSSR count). The lowest BCUT2D eigenvalue weighted by molar-refractivity contribution is 0.547. The van der Waals surface area contributed by atoms with Gasteiger partial charge in [-0.1, -0.05) is 54.1 Å². The van der Waals surface area contributed by atoms with Gasteiger partial charge in [-0.2, -0.15) is 0 Å². The standard InChI is InChI=1S/C24H29N4PS/c1-21-13-15-24(16-14-21)30-25-17-18-26(2)29-27(22-9-5-3-6-10-22)19-20-28(29)23-11-7-4-8-12-23/h3-16,25H,17-20H2,1-2H3. The van der Waals surface area contributed by atoms with Gasteiger partial charge >= 0.3 is 0 Å². The van der Waals surface area contributed by atoms with Gasteiger partial charge in [0.05, 0.1) is 0 Å². The molecule has 0 bridgehead atoms. The predicted molar refractivity (Wildman–Crippen MR) is 132 cm³/mol. The third-order valence-electron chi connectivity index (χ3n) is 5.12. The monoisotopic (exact) mass is 436 g/mol. The summed E-state index contributed by atoms with van der Waals surface area (Å²) in [7, 11) is 1.64. The lowest BCUT2D eigenvalue weighted by Crippen LogP contribution is -2.31. The summed E-state index contributed by atoms with van der Waals surface area (Å²) in [5.41, 5.74) is 3.90. The lowest BCUT2D eigenvalue weighted by atomic mass is 10.2. The van der Waals surface area contributed by atoms with Crippen LogP contribution < -0.4 is 14.1 Å². The molecule has 0 radical (unpaired) electrons. The van der Waals surface area contributed by atoms with Crippen LogP contribution in [-0.2, 0) is 0 Å². The zero-order valence-corrected chi connectivity index (χ0v) is 19.3. The van der Waals surface area contributed by atoms with Gasteiger partial charge in [-0.15, -0.1) is 0 Å². The Hall–Kier alpha value is -2.04. The van der Waals surface area contributed by atoms with Gasteiger partial charge in [0.25, 0.3) is 0 Å². The van der Waals surface area contributed by atoms with E-state index in [1.54, 1.807) is 11.9 Å². The summed E-state index contributed by atoms with van der Waals surface area (Å²) in [5.74, 6) is 0. The summed E-state index contributed by atoms with van der Waals surface area (Å²) >= 11 is 1.71. The minimum Gasteiger partial charge on any atom is -0.320 e. The minimum atomic E-state index is -0.610. The predicted octanol–water partition coefficient (Wildman–Crippen LogP) is 5.78. The Bertz CT molecular complexity index is 860. The second kappa shape index (κ2) is 10.3. The summed E-state index contributed by atoms with van der Waals surface area (Å²) < 4.78 is 11.2. The first-order valence-corrected chi connectivity index (χ1v) is 12.4. The molecule has 0 saturated carbocycles. The number of anilines is 2. The van der Waals surface area contributed by atoms with Crippen molar-refractivity contribution in [2.75, 3.05) is 42.6 Å². The highest BCUT2D eigenvalue weighted by Gasteiger charge is 2.36. The first-order valence-electron chi connectivity index (χ1n) is 10.3. The number of nitrogens with zero attached hydrogens (tertiary/aromatic N) is 3. The first kappa shape index (κ1) is 21.2. The third-order valence-corrected chi connectivity index (χ3v) is 8.51. The van der Waals surface area contributed by atoms with Crippen LogP contribution in [0.3, 0.4) is 0 Å². The van der Waals surface area contributed by atoms with Crippen molar-refractivity contribution in [2.24, 2.45) is 0 Å². The van der Waals surface area contributed by atoms with Gasteiger partial charge in [-0.3, -0.25) is 4.72 Å². The number of aryl methyl sites for hydroxylation is 1. The zero-order valence-electron chi connectivity index (χ0n) is 17.6. The van der Waals surface area contributed by atoms with Gasteiger partial charge in [0.2, 0.25) is 0 Å². The molecule has 4 nitrogen and oxygen atoms in total. The number of para-hydroxylation sites is 2. The van der Waals surface area contributed by atoms with Crippen molar-refractivity contribution in [3.63, 3.8) is 0 Å². The number of hydrogen-bond acceptors (Lipinski definition) is 5. The van der Waals surface area contributed by atoms with Gasteiger partial charge in [0, 0.05) is 42.4 Å². The summed E-state index contributed by atoms with van der Waals surface area (Å²) in [6.45, 7) is 6.12. The smallest absolute Gasteiger partial charge is 0.178 e. The number of benzene rings is 3. The van der Waals surface area contributed by atoms with Crippen LogP contribution in [0.25, 0.3) is 0 Å². The fraction of sp³-hybridized carbons (Fsp3) is 0.250. The van der Waals surface area contributed by atoms with Gasteiger partial charge in [-0.25, -0.2) is 4.67 Å². The van der Waals surface area contributed by atoms with Crippen molar-refractivity contribution in [1.29, 1.82) is 0 Å². The summed E-state index contributed by atoms with van der Waals surface area (Å²) in [4.78, 5) is 1.26. The van der Waals surface area contributed by atoms with E-state index >= 15 is 0 Å². The van der Waals surface area contributed by atoms with Crippen molar-refractivity contribution >= 4 is 31.7 Å². The fourth-order valence-corrected chi connectivity index (χ4v) is 6.70. The molecule has 1 aliphatic rings. The van der Waals surface area contributed by atoms with Crippen molar-refractivity contribution in [2.45, 2.75) is 11.8 Å². The van der Waals surface area contributed by atoms with Crippen LogP contribution in [0, 0.1) is 6.92 Å².